The third kappa shape index (κ3) is 4.87. The number of piperidine rings is 1. The normalized spacial score (nSPS) is 15.9. The Morgan fingerprint density at radius 2 is 1.79 bits per heavy atom. The van der Waals surface area contributed by atoms with Crippen LogP contribution in [0.4, 0.5) is 0 Å². The second-order valence-electron chi connectivity index (χ2n) is 5.20. The average molecular weight is 304 g/mol. The van der Waals surface area contributed by atoms with Crippen molar-refractivity contribution in [3.05, 3.63) is 28.3 Å². The Bertz CT molecular complexity index is 380. The van der Waals surface area contributed by atoms with Crippen LogP contribution in [0.3, 0.4) is 0 Å². The van der Waals surface area contributed by atoms with E-state index in [-0.39, 0.29) is 12.4 Å². The van der Waals surface area contributed by atoms with Crippen LogP contribution in [0.25, 0.3) is 0 Å². The predicted molar refractivity (Wildman–Crippen MR) is 83.9 cm³/mol. The van der Waals surface area contributed by atoms with Crippen LogP contribution >= 0.6 is 24.0 Å². The fourth-order valence-corrected chi connectivity index (χ4v) is 2.61. The van der Waals surface area contributed by atoms with Gasteiger partial charge in [-0.15, -0.1) is 12.4 Å². The van der Waals surface area contributed by atoms with E-state index < -0.39 is 0 Å². The molecule has 1 aliphatic rings. The second kappa shape index (κ2) is 7.98. The minimum absolute atomic E-state index is 0. The molecule has 1 fully saturated rings. The summed E-state index contributed by atoms with van der Waals surface area (Å²) in [5.74, 6) is 1.77. The molecule has 0 unspecified atom stereocenters. The van der Waals surface area contributed by atoms with Gasteiger partial charge in [0.2, 0.25) is 0 Å². The monoisotopic (exact) mass is 303 g/mol. The lowest BCUT2D eigenvalue weighted by Crippen LogP contribution is -2.28. The van der Waals surface area contributed by atoms with E-state index in [1.807, 2.05) is 26.0 Å². The zero-order valence-corrected chi connectivity index (χ0v) is 13.2. The molecule has 0 saturated carbocycles. The van der Waals surface area contributed by atoms with Crippen LogP contribution in [-0.4, -0.2) is 19.7 Å². The van der Waals surface area contributed by atoms with Gasteiger partial charge in [0.1, 0.15) is 5.75 Å². The summed E-state index contributed by atoms with van der Waals surface area (Å²) in [7, 11) is 0. The molecular weight excluding hydrogens is 281 g/mol. The van der Waals surface area contributed by atoms with Crippen molar-refractivity contribution in [1.29, 1.82) is 0 Å². The van der Waals surface area contributed by atoms with E-state index in [0.29, 0.717) is 0 Å². The van der Waals surface area contributed by atoms with Crippen LogP contribution in [0.1, 0.15) is 30.4 Å². The summed E-state index contributed by atoms with van der Waals surface area (Å²) < 4.78 is 5.85. The first kappa shape index (κ1) is 16.6. The van der Waals surface area contributed by atoms with Crippen LogP contribution in [0.2, 0.25) is 5.02 Å². The van der Waals surface area contributed by atoms with Gasteiger partial charge in [-0.25, -0.2) is 0 Å². The van der Waals surface area contributed by atoms with Crippen LogP contribution in [0.15, 0.2) is 12.1 Å². The molecule has 0 radical (unpaired) electrons. The number of aryl methyl sites for hydroxylation is 2. The van der Waals surface area contributed by atoms with Gasteiger partial charge in [-0.05, 0) is 75.4 Å². The first-order valence-corrected chi connectivity index (χ1v) is 7.15. The van der Waals surface area contributed by atoms with Gasteiger partial charge >= 0.3 is 0 Å². The second-order valence-corrected chi connectivity index (χ2v) is 5.58. The first-order chi connectivity index (χ1) is 8.66. The van der Waals surface area contributed by atoms with Crippen molar-refractivity contribution >= 4 is 24.0 Å². The van der Waals surface area contributed by atoms with Crippen LogP contribution in [0.5, 0.6) is 5.75 Å². The fourth-order valence-electron chi connectivity index (χ4n) is 2.50. The van der Waals surface area contributed by atoms with Gasteiger partial charge in [-0.2, -0.15) is 0 Å². The van der Waals surface area contributed by atoms with Crippen molar-refractivity contribution in [1.82, 2.24) is 5.32 Å². The quantitative estimate of drug-likeness (QED) is 0.902. The molecule has 2 rings (SSSR count). The van der Waals surface area contributed by atoms with E-state index in [1.165, 1.54) is 12.8 Å². The summed E-state index contributed by atoms with van der Waals surface area (Å²) in [6.45, 7) is 7.17. The summed E-state index contributed by atoms with van der Waals surface area (Å²) in [4.78, 5) is 0. The van der Waals surface area contributed by atoms with Gasteiger partial charge in [-0.1, -0.05) is 11.6 Å². The minimum Gasteiger partial charge on any atom is -0.494 e. The largest absolute Gasteiger partial charge is 0.494 e. The van der Waals surface area contributed by atoms with Crippen LogP contribution in [-0.2, 0) is 0 Å². The summed E-state index contributed by atoms with van der Waals surface area (Å²) in [5.41, 5.74) is 2.18. The fraction of sp³-hybridized carbons (Fsp3) is 0.600. The zero-order chi connectivity index (χ0) is 13.0. The highest BCUT2D eigenvalue weighted by molar-refractivity contribution is 6.32. The molecule has 4 heteroatoms. The lowest BCUT2D eigenvalue weighted by Gasteiger charge is -2.22. The molecule has 19 heavy (non-hydrogen) atoms. The van der Waals surface area contributed by atoms with Gasteiger partial charge < -0.3 is 10.1 Å². The predicted octanol–water partition coefficient (Wildman–Crippen LogP) is 4.15. The van der Waals surface area contributed by atoms with Gasteiger partial charge in [-0.3, -0.25) is 0 Å². The van der Waals surface area contributed by atoms with Gasteiger partial charge in [0.25, 0.3) is 0 Å². The lowest BCUT2D eigenvalue weighted by atomic mass is 9.95. The summed E-state index contributed by atoms with van der Waals surface area (Å²) in [5, 5.41) is 4.24. The van der Waals surface area contributed by atoms with Gasteiger partial charge in [0.15, 0.2) is 0 Å². The maximum absolute atomic E-state index is 6.14. The van der Waals surface area contributed by atoms with E-state index >= 15 is 0 Å². The van der Waals surface area contributed by atoms with Gasteiger partial charge in [0, 0.05) is 5.02 Å². The molecule has 0 atom stereocenters. The van der Waals surface area contributed by atoms with Crippen molar-refractivity contribution in [2.45, 2.75) is 33.1 Å². The average Bonchev–Trinajstić information content (AvgIpc) is 2.37. The SMILES string of the molecule is Cc1cc(OCCC2CCNCC2)cc(C)c1Cl.Cl. The zero-order valence-electron chi connectivity index (χ0n) is 11.7. The molecule has 1 heterocycles. The molecule has 0 spiro atoms. The standard InChI is InChI=1S/C15H22ClNO.ClH/c1-11-9-14(10-12(2)15(11)16)18-8-5-13-3-6-17-7-4-13;/h9-10,13,17H,3-8H2,1-2H3;1H. The molecule has 2 nitrogen and oxygen atoms in total. The van der Waals surface area contributed by atoms with E-state index in [0.717, 1.165) is 53.9 Å². The Kier molecular flexibility index (Phi) is 6.98. The highest BCUT2D eigenvalue weighted by Crippen LogP contribution is 2.26. The molecule has 1 aromatic rings. The molecule has 1 aromatic carbocycles. The number of rotatable bonds is 4. The Balaban J connectivity index is 0.00000180. The van der Waals surface area contributed by atoms with Crippen molar-refractivity contribution in [3.63, 3.8) is 0 Å². The molecule has 1 N–H and O–H groups in total. The highest BCUT2D eigenvalue weighted by atomic mass is 35.5. The molecule has 108 valence electrons. The first-order valence-electron chi connectivity index (χ1n) is 6.77. The minimum atomic E-state index is 0. The number of nitrogens with one attached hydrogen (secondary N) is 1. The smallest absolute Gasteiger partial charge is 0.119 e. The van der Waals surface area contributed by atoms with Crippen molar-refractivity contribution in [2.24, 2.45) is 5.92 Å². The maximum Gasteiger partial charge on any atom is 0.119 e. The van der Waals surface area contributed by atoms with Crippen molar-refractivity contribution < 1.29 is 4.74 Å². The van der Waals surface area contributed by atoms with Crippen molar-refractivity contribution in [3.8, 4) is 5.75 Å². The van der Waals surface area contributed by atoms with E-state index in [1.54, 1.807) is 0 Å². The Morgan fingerprint density at radius 1 is 1.21 bits per heavy atom. The third-order valence-electron chi connectivity index (χ3n) is 3.66. The third-order valence-corrected chi connectivity index (χ3v) is 4.26. The molecule has 1 aliphatic heterocycles. The molecule has 0 aromatic heterocycles. The summed E-state index contributed by atoms with van der Waals surface area (Å²) >= 11 is 6.14. The molecular formula is C15H23Cl2NO. The topological polar surface area (TPSA) is 21.3 Å². The molecule has 0 aliphatic carbocycles. The Hall–Kier alpha value is -0.440. The van der Waals surface area contributed by atoms with Crippen molar-refractivity contribution in [2.75, 3.05) is 19.7 Å². The Morgan fingerprint density at radius 3 is 2.37 bits per heavy atom. The lowest BCUT2D eigenvalue weighted by molar-refractivity contribution is 0.251. The van der Waals surface area contributed by atoms with Gasteiger partial charge in [0.05, 0.1) is 6.61 Å². The molecule has 0 bridgehead atoms. The number of hydrogen-bond acceptors (Lipinski definition) is 2. The molecule has 1 saturated heterocycles. The van der Waals surface area contributed by atoms with Crippen LogP contribution < -0.4 is 10.1 Å². The maximum atomic E-state index is 6.14. The number of halogens is 2. The van der Waals surface area contributed by atoms with E-state index in [9.17, 15) is 0 Å². The summed E-state index contributed by atoms with van der Waals surface area (Å²) in [6, 6.07) is 4.05. The molecule has 0 amide bonds. The number of benzene rings is 1. The van der Waals surface area contributed by atoms with Crippen LogP contribution in [0, 0.1) is 19.8 Å². The van der Waals surface area contributed by atoms with E-state index in [4.69, 9.17) is 16.3 Å². The summed E-state index contributed by atoms with van der Waals surface area (Å²) in [6.07, 6.45) is 3.71. The van der Waals surface area contributed by atoms with E-state index in [2.05, 4.69) is 5.32 Å². The highest BCUT2D eigenvalue weighted by Gasteiger charge is 2.12. The Labute approximate surface area is 127 Å². The number of ether oxygens (including phenoxy) is 1. The number of hydrogen-bond donors (Lipinski definition) is 1.